The standard InChI is InChI=1S/C18H21NO9/c1-7-2-15(23)26-11-5-10(21)12(3-8(7)11)27-18-9(4-14(19)22)16(24)17(25)13(6-20)28-18/h2-3,5,9,13,16-18,20-21,24-25H,4,6H2,1H3,(H2,19,22)/t9-,13+,16+,17+,18+/m0/s1. The van der Waals surface area contributed by atoms with Gasteiger partial charge in [-0.2, -0.15) is 0 Å². The molecule has 1 aromatic carbocycles. The zero-order chi connectivity index (χ0) is 20.6. The maximum atomic E-state index is 11.5. The third-order valence-electron chi connectivity index (χ3n) is 4.72. The first-order valence-electron chi connectivity index (χ1n) is 8.56. The highest BCUT2D eigenvalue weighted by molar-refractivity contribution is 5.83. The number of phenolic OH excluding ortho intramolecular Hbond substituents is 1. The van der Waals surface area contributed by atoms with Crippen LogP contribution in [0.25, 0.3) is 11.0 Å². The summed E-state index contributed by atoms with van der Waals surface area (Å²) in [4.78, 5) is 22.8. The van der Waals surface area contributed by atoms with Crippen LogP contribution in [0.2, 0.25) is 0 Å². The number of aryl methyl sites for hydroxylation is 1. The van der Waals surface area contributed by atoms with Gasteiger partial charge in [0.15, 0.2) is 11.5 Å². The molecule has 1 fully saturated rings. The lowest BCUT2D eigenvalue weighted by Crippen LogP contribution is -2.57. The number of fused-ring (bicyclic) bond motifs is 1. The number of nitrogens with two attached hydrogens (primary N) is 1. The summed E-state index contributed by atoms with van der Waals surface area (Å²) >= 11 is 0. The molecule has 10 nitrogen and oxygen atoms in total. The fourth-order valence-electron chi connectivity index (χ4n) is 3.26. The van der Waals surface area contributed by atoms with Crippen LogP contribution in [0.4, 0.5) is 0 Å². The Hall–Kier alpha value is -2.66. The molecule has 2 aromatic rings. The van der Waals surface area contributed by atoms with Crippen LogP contribution in [0.3, 0.4) is 0 Å². The summed E-state index contributed by atoms with van der Waals surface area (Å²) in [6.07, 6.45) is -5.71. The van der Waals surface area contributed by atoms with Crippen molar-refractivity contribution in [3.63, 3.8) is 0 Å². The van der Waals surface area contributed by atoms with Crippen molar-refractivity contribution in [2.45, 2.75) is 37.9 Å². The Kier molecular flexibility index (Phi) is 5.57. The van der Waals surface area contributed by atoms with Crippen molar-refractivity contribution in [2.75, 3.05) is 6.61 Å². The van der Waals surface area contributed by atoms with E-state index in [9.17, 15) is 30.0 Å². The molecule has 0 aliphatic carbocycles. The summed E-state index contributed by atoms with van der Waals surface area (Å²) in [5.41, 5.74) is 5.37. The minimum atomic E-state index is -1.45. The maximum Gasteiger partial charge on any atom is 0.336 e. The molecule has 0 spiro atoms. The number of primary amides is 1. The lowest BCUT2D eigenvalue weighted by molar-refractivity contribution is -0.260. The summed E-state index contributed by atoms with van der Waals surface area (Å²) in [5.74, 6) is -2.23. The molecule has 10 heteroatoms. The molecule has 1 amide bonds. The molecule has 1 aliphatic rings. The van der Waals surface area contributed by atoms with E-state index in [1.54, 1.807) is 6.92 Å². The van der Waals surface area contributed by atoms with E-state index in [0.717, 1.165) is 0 Å². The highest BCUT2D eigenvalue weighted by Gasteiger charge is 2.46. The van der Waals surface area contributed by atoms with Gasteiger partial charge in [0.2, 0.25) is 12.2 Å². The Morgan fingerprint density at radius 2 is 1.96 bits per heavy atom. The third kappa shape index (κ3) is 3.80. The van der Waals surface area contributed by atoms with E-state index in [1.807, 2.05) is 0 Å². The van der Waals surface area contributed by atoms with Crippen molar-refractivity contribution in [3.05, 3.63) is 34.2 Å². The number of hydrogen-bond acceptors (Lipinski definition) is 9. The number of phenols is 1. The second-order valence-corrected chi connectivity index (χ2v) is 6.72. The van der Waals surface area contributed by atoms with Gasteiger partial charge in [-0.3, -0.25) is 4.79 Å². The Morgan fingerprint density at radius 1 is 1.25 bits per heavy atom. The van der Waals surface area contributed by atoms with Gasteiger partial charge in [0, 0.05) is 23.9 Å². The quantitative estimate of drug-likeness (QED) is 0.403. The summed E-state index contributed by atoms with van der Waals surface area (Å²) in [6.45, 7) is 1.07. The van der Waals surface area contributed by atoms with Crippen molar-refractivity contribution >= 4 is 16.9 Å². The van der Waals surface area contributed by atoms with Crippen LogP contribution in [-0.2, 0) is 9.53 Å². The fourth-order valence-corrected chi connectivity index (χ4v) is 3.26. The van der Waals surface area contributed by atoms with Crippen LogP contribution < -0.4 is 16.1 Å². The SMILES string of the molecule is Cc1cc(=O)oc2cc(O)c(O[C@@H]3O[C@H](CO)[C@@H](O)[C@H](O)[C@@H]3CC(N)=O)cc12. The Labute approximate surface area is 158 Å². The zero-order valence-electron chi connectivity index (χ0n) is 14.9. The van der Waals surface area contributed by atoms with Gasteiger partial charge >= 0.3 is 5.63 Å². The van der Waals surface area contributed by atoms with Crippen molar-refractivity contribution in [1.82, 2.24) is 0 Å². The molecule has 1 saturated heterocycles. The molecular weight excluding hydrogens is 374 g/mol. The van der Waals surface area contributed by atoms with Gasteiger partial charge in [-0.1, -0.05) is 0 Å². The van der Waals surface area contributed by atoms with Gasteiger partial charge in [-0.15, -0.1) is 0 Å². The van der Waals surface area contributed by atoms with Crippen LogP contribution in [0.15, 0.2) is 27.4 Å². The minimum Gasteiger partial charge on any atom is -0.504 e. The van der Waals surface area contributed by atoms with Crippen molar-refractivity contribution in [3.8, 4) is 11.5 Å². The monoisotopic (exact) mass is 395 g/mol. The first kappa shape index (κ1) is 20.1. The number of carbonyl (C=O) groups excluding carboxylic acids is 1. The van der Waals surface area contributed by atoms with E-state index < -0.39 is 48.7 Å². The van der Waals surface area contributed by atoms with Gasteiger partial charge < -0.3 is 40.1 Å². The number of rotatable bonds is 5. The van der Waals surface area contributed by atoms with Crippen LogP contribution in [0.5, 0.6) is 11.5 Å². The number of carbonyl (C=O) groups is 1. The number of aliphatic hydroxyl groups is 3. The van der Waals surface area contributed by atoms with Crippen LogP contribution in [-0.4, -0.2) is 57.5 Å². The number of benzene rings is 1. The summed E-state index contributed by atoms with van der Waals surface area (Å²) in [7, 11) is 0. The molecule has 5 atom stereocenters. The normalized spacial score (nSPS) is 27.6. The highest BCUT2D eigenvalue weighted by Crippen LogP contribution is 2.36. The van der Waals surface area contributed by atoms with E-state index in [-0.39, 0.29) is 23.5 Å². The summed E-state index contributed by atoms with van der Waals surface area (Å²) < 4.78 is 16.2. The first-order chi connectivity index (χ1) is 13.2. The molecule has 1 aromatic heterocycles. The second kappa shape index (κ2) is 7.76. The lowest BCUT2D eigenvalue weighted by atomic mass is 9.88. The van der Waals surface area contributed by atoms with Gasteiger partial charge in [-0.25, -0.2) is 4.79 Å². The molecule has 28 heavy (non-hydrogen) atoms. The molecule has 1 aliphatic heterocycles. The third-order valence-corrected chi connectivity index (χ3v) is 4.72. The number of amides is 1. The van der Waals surface area contributed by atoms with Crippen LogP contribution >= 0.6 is 0 Å². The second-order valence-electron chi connectivity index (χ2n) is 6.72. The van der Waals surface area contributed by atoms with E-state index >= 15 is 0 Å². The number of ether oxygens (including phenoxy) is 2. The van der Waals surface area contributed by atoms with Crippen LogP contribution in [0, 0.1) is 12.8 Å². The molecule has 3 rings (SSSR count). The topological polar surface area (TPSA) is 173 Å². The molecule has 152 valence electrons. The number of hydrogen-bond donors (Lipinski definition) is 5. The minimum absolute atomic E-state index is 0.0656. The van der Waals surface area contributed by atoms with Crippen molar-refractivity contribution in [1.29, 1.82) is 0 Å². The smallest absolute Gasteiger partial charge is 0.336 e. The predicted octanol–water partition coefficient (Wildman–Crippen LogP) is -0.884. The molecule has 6 N–H and O–H groups in total. The predicted molar refractivity (Wildman–Crippen MR) is 94.6 cm³/mol. The molecule has 0 radical (unpaired) electrons. The average Bonchev–Trinajstić information content (AvgIpc) is 2.61. The van der Waals surface area contributed by atoms with Crippen LogP contribution in [0.1, 0.15) is 12.0 Å². The Bertz CT molecular complexity index is 941. The van der Waals surface area contributed by atoms with Gasteiger partial charge in [-0.05, 0) is 18.6 Å². The highest BCUT2D eigenvalue weighted by atomic mass is 16.7. The number of aliphatic hydroxyl groups excluding tert-OH is 3. The van der Waals surface area contributed by atoms with Crippen molar-refractivity contribution in [2.24, 2.45) is 11.7 Å². The lowest BCUT2D eigenvalue weighted by Gasteiger charge is -2.41. The molecular formula is C18H21NO9. The molecule has 0 unspecified atom stereocenters. The average molecular weight is 395 g/mol. The molecule has 2 heterocycles. The maximum absolute atomic E-state index is 11.5. The Morgan fingerprint density at radius 3 is 2.61 bits per heavy atom. The van der Waals surface area contributed by atoms with Gasteiger partial charge in [0.05, 0.1) is 18.6 Å². The van der Waals surface area contributed by atoms with E-state index in [4.69, 9.17) is 19.6 Å². The largest absolute Gasteiger partial charge is 0.504 e. The first-order valence-corrected chi connectivity index (χ1v) is 8.56. The van der Waals surface area contributed by atoms with E-state index in [0.29, 0.717) is 10.9 Å². The fraction of sp³-hybridized carbons (Fsp3) is 0.444. The molecule has 0 bridgehead atoms. The van der Waals surface area contributed by atoms with Gasteiger partial charge in [0.25, 0.3) is 0 Å². The molecule has 0 saturated carbocycles. The van der Waals surface area contributed by atoms with E-state index in [1.165, 1.54) is 18.2 Å². The van der Waals surface area contributed by atoms with Gasteiger partial charge in [0.1, 0.15) is 17.8 Å². The van der Waals surface area contributed by atoms with Crippen molar-refractivity contribution < 1.29 is 39.1 Å². The van der Waals surface area contributed by atoms with E-state index in [2.05, 4.69) is 0 Å². The number of aromatic hydroxyl groups is 1. The summed E-state index contributed by atoms with van der Waals surface area (Å²) in [5, 5.41) is 40.4. The summed E-state index contributed by atoms with van der Waals surface area (Å²) in [6, 6.07) is 3.89. The Balaban J connectivity index is 1.98. The zero-order valence-corrected chi connectivity index (χ0v) is 14.9.